The van der Waals surface area contributed by atoms with Crippen LogP contribution in [0.2, 0.25) is 0 Å². The molecular formula is C12H12F3N3O3S. The fraction of sp³-hybridized carbons (Fsp3) is 0.333. The molecule has 0 radical (unpaired) electrons. The zero-order chi connectivity index (χ0) is 16.2. The van der Waals surface area contributed by atoms with Crippen LogP contribution in [0.5, 0.6) is 5.75 Å². The van der Waals surface area contributed by atoms with Crippen LogP contribution in [0.3, 0.4) is 0 Å². The van der Waals surface area contributed by atoms with Crippen LogP contribution in [0.1, 0.15) is 0 Å². The Labute approximate surface area is 127 Å². The first kappa shape index (κ1) is 16.3. The third kappa shape index (κ3) is 4.74. The van der Waals surface area contributed by atoms with Crippen molar-refractivity contribution < 1.29 is 27.4 Å². The number of hydrogen-bond acceptors (Lipinski definition) is 6. The van der Waals surface area contributed by atoms with Gasteiger partial charge in [-0.25, -0.2) is 9.78 Å². The molecule has 1 aromatic carbocycles. The number of nitrogens with zero attached hydrogens (tertiary/aromatic N) is 1. The average Bonchev–Trinajstić information content (AvgIpc) is 2.78. The number of anilines is 1. The summed E-state index contributed by atoms with van der Waals surface area (Å²) < 4.78 is 45.6. The molecule has 6 nitrogen and oxygen atoms in total. The highest BCUT2D eigenvalue weighted by Gasteiger charge is 2.31. The van der Waals surface area contributed by atoms with Crippen LogP contribution < -0.4 is 15.4 Å². The van der Waals surface area contributed by atoms with E-state index in [0.717, 1.165) is 17.4 Å². The van der Waals surface area contributed by atoms with Crippen LogP contribution in [-0.2, 0) is 4.74 Å². The van der Waals surface area contributed by atoms with E-state index in [9.17, 15) is 18.0 Å². The molecule has 1 amide bonds. The topological polar surface area (TPSA) is 72.5 Å². The number of likely N-dealkylation sites (N-methyl/N-ethyl adjacent to an activating group) is 1. The van der Waals surface area contributed by atoms with Crippen LogP contribution in [-0.4, -0.2) is 37.6 Å². The summed E-state index contributed by atoms with van der Waals surface area (Å²) in [6.45, 7) is 0.697. The van der Waals surface area contributed by atoms with E-state index in [0.29, 0.717) is 16.8 Å². The number of alkyl halides is 3. The van der Waals surface area contributed by atoms with Crippen molar-refractivity contribution in [3.63, 3.8) is 0 Å². The molecule has 2 N–H and O–H groups in total. The van der Waals surface area contributed by atoms with Gasteiger partial charge < -0.3 is 14.8 Å². The molecule has 0 fully saturated rings. The minimum Gasteiger partial charge on any atom is -0.448 e. The number of halogens is 3. The van der Waals surface area contributed by atoms with Crippen molar-refractivity contribution in [2.45, 2.75) is 6.36 Å². The number of hydrogen-bond donors (Lipinski definition) is 2. The van der Waals surface area contributed by atoms with Crippen LogP contribution >= 0.6 is 11.3 Å². The molecule has 0 aliphatic rings. The Morgan fingerprint density at radius 1 is 1.41 bits per heavy atom. The smallest absolute Gasteiger partial charge is 0.448 e. The lowest BCUT2D eigenvalue weighted by molar-refractivity contribution is -0.274. The van der Waals surface area contributed by atoms with Gasteiger partial charge in [0.15, 0.2) is 5.13 Å². The molecule has 0 saturated carbocycles. The number of benzene rings is 1. The van der Waals surface area contributed by atoms with E-state index in [-0.39, 0.29) is 17.5 Å². The van der Waals surface area contributed by atoms with Gasteiger partial charge in [-0.3, -0.25) is 5.32 Å². The second-order valence-corrected chi connectivity index (χ2v) is 5.09. The van der Waals surface area contributed by atoms with Gasteiger partial charge in [-0.2, -0.15) is 0 Å². The number of carbonyl (C=O) groups is 1. The zero-order valence-electron chi connectivity index (χ0n) is 11.4. The van der Waals surface area contributed by atoms with E-state index in [1.165, 1.54) is 12.1 Å². The fourth-order valence-electron chi connectivity index (χ4n) is 1.52. The number of ether oxygens (including phenoxy) is 2. The first-order valence-corrected chi connectivity index (χ1v) is 6.94. The first-order chi connectivity index (χ1) is 10.4. The number of amides is 1. The second kappa shape index (κ2) is 6.79. The maximum atomic E-state index is 12.2. The molecule has 2 aromatic rings. The molecule has 1 aromatic heterocycles. The summed E-state index contributed by atoms with van der Waals surface area (Å²) in [6.07, 6.45) is -5.43. The highest BCUT2D eigenvalue weighted by Crippen LogP contribution is 2.31. The normalized spacial score (nSPS) is 11.5. The van der Waals surface area contributed by atoms with E-state index in [2.05, 4.69) is 20.4 Å². The fourth-order valence-corrected chi connectivity index (χ4v) is 2.40. The molecular weight excluding hydrogens is 323 g/mol. The maximum absolute atomic E-state index is 12.2. The lowest BCUT2D eigenvalue weighted by atomic mass is 10.3. The van der Waals surface area contributed by atoms with Gasteiger partial charge in [0.2, 0.25) is 0 Å². The van der Waals surface area contributed by atoms with Crippen molar-refractivity contribution in [1.29, 1.82) is 0 Å². The molecule has 10 heteroatoms. The number of fused-ring (bicyclic) bond motifs is 1. The van der Waals surface area contributed by atoms with Gasteiger partial charge >= 0.3 is 12.5 Å². The lowest BCUT2D eigenvalue weighted by Crippen LogP contribution is -2.20. The van der Waals surface area contributed by atoms with E-state index in [1.807, 2.05) is 0 Å². The number of aromatic nitrogens is 1. The molecule has 0 unspecified atom stereocenters. The summed E-state index contributed by atoms with van der Waals surface area (Å²) in [7, 11) is 1.72. The number of carbonyl (C=O) groups excluding carboxylic acids is 1. The van der Waals surface area contributed by atoms with Gasteiger partial charge in [0.25, 0.3) is 0 Å². The average molecular weight is 335 g/mol. The number of thiazole rings is 1. The predicted molar refractivity (Wildman–Crippen MR) is 75.2 cm³/mol. The Morgan fingerprint density at radius 2 is 2.18 bits per heavy atom. The summed E-state index contributed by atoms with van der Waals surface area (Å²) in [5.74, 6) is -0.341. The highest BCUT2D eigenvalue weighted by atomic mass is 32.1. The van der Waals surface area contributed by atoms with Crippen molar-refractivity contribution in [3.8, 4) is 5.75 Å². The van der Waals surface area contributed by atoms with Crippen LogP contribution in [0.15, 0.2) is 18.2 Å². The molecule has 120 valence electrons. The molecule has 0 aliphatic carbocycles. The molecule has 0 atom stereocenters. The van der Waals surface area contributed by atoms with Crippen molar-refractivity contribution >= 4 is 32.8 Å². The number of nitrogens with one attached hydrogen (secondary N) is 2. The minimum atomic E-state index is -4.75. The van der Waals surface area contributed by atoms with Gasteiger partial charge in [-0.1, -0.05) is 11.3 Å². The molecule has 1 heterocycles. The van der Waals surface area contributed by atoms with Crippen molar-refractivity contribution in [2.75, 3.05) is 25.5 Å². The zero-order valence-corrected chi connectivity index (χ0v) is 12.2. The Balaban J connectivity index is 2.05. The van der Waals surface area contributed by atoms with Gasteiger partial charge in [0, 0.05) is 12.6 Å². The minimum absolute atomic E-state index is 0.191. The van der Waals surface area contributed by atoms with Crippen molar-refractivity contribution in [3.05, 3.63) is 18.2 Å². The Kier molecular flexibility index (Phi) is 5.03. The van der Waals surface area contributed by atoms with Crippen LogP contribution in [0, 0.1) is 0 Å². The molecule has 0 spiro atoms. The number of rotatable bonds is 5. The van der Waals surface area contributed by atoms with Crippen molar-refractivity contribution in [2.24, 2.45) is 0 Å². The Morgan fingerprint density at radius 3 is 2.86 bits per heavy atom. The van der Waals surface area contributed by atoms with Crippen LogP contribution in [0.25, 0.3) is 10.2 Å². The van der Waals surface area contributed by atoms with Gasteiger partial charge in [-0.15, -0.1) is 13.2 Å². The van der Waals surface area contributed by atoms with E-state index in [4.69, 9.17) is 4.74 Å². The van der Waals surface area contributed by atoms with E-state index < -0.39 is 12.5 Å². The van der Waals surface area contributed by atoms with E-state index >= 15 is 0 Å². The summed E-state index contributed by atoms with van der Waals surface area (Å²) in [4.78, 5) is 15.5. The predicted octanol–water partition coefficient (Wildman–Crippen LogP) is 2.96. The van der Waals surface area contributed by atoms with Gasteiger partial charge in [-0.05, 0) is 19.2 Å². The van der Waals surface area contributed by atoms with E-state index in [1.54, 1.807) is 7.05 Å². The monoisotopic (exact) mass is 335 g/mol. The van der Waals surface area contributed by atoms with Crippen LogP contribution in [0.4, 0.5) is 23.1 Å². The molecule has 0 aliphatic heterocycles. The highest BCUT2D eigenvalue weighted by molar-refractivity contribution is 7.22. The third-order valence-corrected chi connectivity index (χ3v) is 3.32. The van der Waals surface area contributed by atoms with Crippen molar-refractivity contribution in [1.82, 2.24) is 10.3 Å². The molecule has 0 saturated heterocycles. The Bertz CT molecular complexity index is 660. The molecule has 0 bridgehead atoms. The quantitative estimate of drug-likeness (QED) is 0.822. The molecule has 2 rings (SSSR count). The SMILES string of the molecule is CNCCOC(=O)Nc1nc2ccc(OC(F)(F)F)cc2s1. The Hall–Kier alpha value is -2.07. The summed E-state index contributed by atoms with van der Waals surface area (Å²) >= 11 is 1.02. The lowest BCUT2D eigenvalue weighted by Gasteiger charge is -2.07. The van der Waals surface area contributed by atoms with Gasteiger partial charge in [0.05, 0.1) is 10.2 Å². The maximum Gasteiger partial charge on any atom is 0.573 e. The summed E-state index contributed by atoms with van der Waals surface area (Å²) in [5, 5.41) is 5.45. The first-order valence-electron chi connectivity index (χ1n) is 6.12. The second-order valence-electron chi connectivity index (χ2n) is 4.06. The summed E-state index contributed by atoms with van der Waals surface area (Å²) in [6, 6.07) is 3.74. The third-order valence-electron chi connectivity index (χ3n) is 2.39. The van der Waals surface area contributed by atoms with Gasteiger partial charge in [0.1, 0.15) is 12.4 Å². The summed E-state index contributed by atoms with van der Waals surface area (Å²) in [5.41, 5.74) is 0.449. The largest absolute Gasteiger partial charge is 0.573 e. The molecule has 22 heavy (non-hydrogen) atoms. The standard InChI is InChI=1S/C12H12F3N3O3S/c1-16-4-5-20-11(19)18-10-17-8-3-2-7(6-9(8)22-10)21-12(13,14)15/h2-3,6,16H,4-5H2,1H3,(H,17,18,19).